The molecule has 1 atom stereocenters. The van der Waals surface area contributed by atoms with Gasteiger partial charge in [-0.15, -0.1) is 0 Å². The SMILES string of the molecule is Cc1noc(-c2cccc(-c3ccccc3CC(=O)O)c2)c1CC(=O)OC(C)c1ccccc1Cl. The number of carboxylic acids is 1. The lowest BCUT2D eigenvalue weighted by Gasteiger charge is -2.15. The Balaban J connectivity index is 1.59. The molecule has 0 saturated heterocycles. The first-order valence-electron chi connectivity index (χ1n) is 11.1. The van der Waals surface area contributed by atoms with Gasteiger partial charge in [0.2, 0.25) is 0 Å². The van der Waals surface area contributed by atoms with Crippen LogP contribution in [0.15, 0.2) is 77.3 Å². The van der Waals surface area contributed by atoms with Crippen molar-refractivity contribution in [2.45, 2.75) is 32.8 Å². The van der Waals surface area contributed by atoms with Crippen molar-refractivity contribution in [2.24, 2.45) is 0 Å². The number of benzene rings is 3. The van der Waals surface area contributed by atoms with Gasteiger partial charge in [-0.05, 0) is 42.7 Å². The van der Waals surface area contributed by atoms with Crippen molar-refractivity contribution in [3.63, 3.8) is 0 Å². The Morgan fingerprint density at radius 2 is 1.71 bits per heavy atom. The zero-order chi connectivity index (χ0) is 24.9. The minimum atomic E-state index is -0.897. The third kappa shape index (κ3) is 5.61. The fourth-order valence-electron chi connectivity index (χ4n) is 4.02. The van der Waals surface area contributed by atoms with Gasteiger partial charge < -0.3 is 14.4 Å². The molecule has 178 valence electrons. The van der Waals surface area contributed by atoms with E-state index in [-0.39, 0.29) is 12.8 Å². The van der Waals surface area contributed by atoms with E-state index in [2.05, 4.69) is 5.16 Å². The van der Waals surface area contributed by atoms with Crippen LogP contribution in [0.3, 0.4) is 0 Å². The van der Waals surface area contributed by atoms with Crippen LogP contribution in [0.4, 0.5) is 0 Å². The highest BCUT2D eigenvalue weighted by molar-refractivity contribution is 6.31. The molecule has 1 aromatic heterocycles. The molecular formula is C28H24ClNO5. The number of carboxylic acid groups (broad SMARTS) is 1. The lowest BCUT2D eigenvalue weighted by molar-refractivity contribution is -0.147. The largest absolute Gasteiger partial charge is 0.481 e. The summed E-state index contributed by atoms with van der Waals surface area (Å²) in [6.45, 7) is 3.55. The van der Waals surface area contributed by atoms with Gasteiger partial charge in [0, 0.05) is 21.7 Å². The van der Waals surface area contributed by atoms with E-state index in [0.29, 0.717) is 27.6 Å². The molecule has 3 aromatic carbocycles. The molecule has 1 N–H and O–H groups in total. The van der Waals surface area contributed by atoms with Crippen LogP contribution < -0.4 is 0 Å². The van der Waals surface area contributed by atoms with Gasteiger partial charge in [0.25, 0.3) is 0 Å². The smallest absolute Gasteiger partial charge is 0.311 e. The van der Waals surface area contributed by atoms with Crippen LogP contribution >= 0.6 is 11.6 Å². The van der Waals surface area contributed by atoms with Gasteiger partial charge >= 0.3 is 11.9 Å². The van der Waals surface area contributed by atoms with Crippen molar-refractivity contribution in [2.75, 3.05) is 0 Å². The third-order valence-corrected chi connectivity index (χ3v) is 6.10. The Kier molecular flexibility index (Phi) is 7.32. The van der Waals surface area contributed by atoms with Crippen LogP contribution in [0.25, 0.3) is 22.5 Å². The summed E-state index contributed by atoms with van der Waals surface area (Å²) in [4.78, 5) is 24.1. The first kappa shape index (κ1) is 24.2. The predicted molar refractivity (Wildman–Crippen MR) is 133 cm³/mol. The molecule has 4 aromatic rings. The van der Waals surface area contributed by atoms with Crippen molar-refractivity contribution < 1.29 is 24.0 Å². The van der Waals surface area contributed by atoms with Crippen molar-refractivity contribution >= 4 is 23.5 Å². The number of nitrogens with zero attached hydrogens (tertiary/aromatic N) is 1. The number of esters is 1. The zero-order valence-electron chi connectivity index (χ0n) is 19.3. The number of hydrogen-bond donors (Lipinski definition) is 1. The van der Waals surface area contributed by atoms with Gasteiger partial charge in [-0.1, -0.05) is 77.4 Å². The van der Waals surface area contributed by atoms with E-state index in [1.807, 2.05) is 60.7 Å². The maximum absolute atomic E-state index is 12.8. The first-order chi connectivity index (χ1) is 16.8. The van der Waals surface area contributed by atoms with E-state index < -0.39 is 18.0 Å². The maximum atomic E-state index is 12.8. The van der Waals surface area contributed by atoms with Crippen LogP contribution in [0.2, 0.25) is 5.02 Å². The van der Waals surface area contributed by atoms with E-state index >= 15 is 0 Å². The molecule has 6 nitrogen and oxygen atoms in total. The van der Waals surface area contributed by atoms with E-state index in [0.717, 1.165) is 22.3 Å². The molecular weight excluding hydrogens is 466 g/mol. The molecule has 0 aliphatic carbocycles. The van der Waals surface area contributed by atoms with Gasteiger partial charge in [0.1, 0.15) is 6.10 Å². The van der Waals surface area contributed by atoms with E-state index in [1.165, 1.54) is 0 Å². The van der Waals surface area contributed by atoms with Gasteiger partial charge in [-0.25, -0.2) is 0 Å². The highest BCUT2D eigenvalue weighted by Crippen LogP contribution is 2.33. The third-order valence-electron chi connectivity index (χ3n) is 5.75. The summed E-state index contributed by atoms with van der Waals surface area (Å²) in [6.07, 6.45) is -0.601. The number of aryl methyl sites for hydroxylation is 1. The number of halogens is 1. The molecule has 7 heteroatoms. The molecule has 0 saturated carbocycles. The second kappa shape index (κ2) is 10.6. The molecule has 1 unspecified atom stereocenters. The molecule has 0 fully saturated rings. The second-order valence-corrected chi connectivity index (χ2v) is 8.62. The van der Waals surface area contributed by atoms with Gasteiger partial charge in [-0.2, -0.15) is 0 Å². The Bertz CT molecular complexity index is 1380. The van der Waals surface area contributed by atoms with Gasteiger partial charge in [0.05, 0.1) is 18.5 Å². The van der Waals surface area contributed by atoms with Crippen LogP contribution in [0.5, 0.6) is 0 Å². The van der Waals surface area contributed by atoms with Crippen LogP contribution in [-0.4, -0.2) is 22.2 Å². The number of aromatic nitrogens is 1. The van der Waals surface area contributed by atoms with Gasteiger partial charge in [-0.3, -0.25) is 9.59 Å². The number of ether oxygens (including phenoxy) is 1. The van der Waals surface area contributed by atoms with Gasteiger partial charge in [0.15, 0.2) is 5.76 Å². The average molecular weight is 490 g/mol. The molecule has 0 spiro atoms. The van der Waals surface area contributed by atoms with Crippen molar-refractivity contribution in [1.82, 2.24) is 5.16 Å². The summed E-state index contributed by atoms with van der Waals surface area (Å²) in [7, 11) is 0. The number of hydrogen-bond acceptors (Lipinski definition) is 5. The molecule has 0 aliphatic rings. The lowest BCUT2D eigenvalue weighted by atomic mass is 9.95. The van der Waals surface area contributed by atoms with Crippen molar-refractivity contribution in [3.05, 3.63) is 100 Å². The number of aliphatic carboxylic acids is 1. The minimum Gasteiger partial charge on any atom is -0.481 e. The molecule has 0 bridgehead atoms. The van der Waals surface area contributed by atoms with Crippen molar-refractivity contribution in [3.8, 4) is 22.5 Å². The summed E-state index contributed by atoms with van der Waals surface area (Å²) in [6, 6.07) is 22.2. The molecule has 35 heavy (non-hydrogen) atoms. The van der Waals surface area contributed by atoms with E-state index in [4.69, 9.17) is 20.9 Å². The standard InChI is InChI=1S/C28H24ClNO5/c1-17-24(16-27(33)34-18(2)22-11-5-6-13-25(22)29)28(35-30-17)21-10-7-9-19(14-21)23-12-4-3-8-20(23)15-26(31)32/h3-14,18H,15-16H2,1-2H3,(H,31,32). The molecule has 1 heterocycles. The Morgan fingerprint density at radius 1 is 1.00 bits per heavy atom. The average Bonchev–Trinajstić information content (AvgIpc) is 3.19. The normalized spacial score (nSPS) is 11.7. The Morgan fingerprint density at radius 3 is 2.49 bits per heavy atom. The summed E-state index contributed by atoms with van der Waals surface area (Å²) in [5, 5.41) is 13.9. The molecule has 0 amide bonds. The monoisotopic (exact) mass is 489 g/mol. The summed E-state index contributed by atoms with van der Waals surface area (Å²) in [5.41, 5.74) is 5.07. The van der Waals surface area contributed by atoms with Crippen LogP contribution in [0, 0.1) is 6.92 Å². The number of carbonyl (C=O) groups is 2. The highest BCUT2D eigenvalue weighted by Gasteiger charge is 2.22. The number of carbonyl (C=O) groups excluding carboxylic acids is 1. The van der Waals surface area contributed by atoms with E-state index in [1.54, 1.807) is 26.0 Å². The fraction of sp³-hybridized carbons (Fsp3) is 0.179. The van der Waals surface area contributed by atoms with Crippen LogP contribution in [0.1, 0.15) is 35.4 Å². The zero-order valence-corrected chi connectivity index (χ0v) is 20.1. The quantitative estimate of drug-likeness (QED) is 0.286. The molecule has 0 aliphatic heterocycles. The fourth-order valence-corrected chi connectivity index (χ4v) is 4.31. The molecule has 0 radical (unpaired) electrons. The maximum Gasteiger partial charge on any atom is 0.311 e. The van der Waals surface area contributed by atoms with E-state index in [9.17, 15) is 14.7 Å². The highest BCUT2D eigenvalue weighted by atomic mass is 35.5. The van der Waals surface area contributed by atoms with Crippen LogP contribution in [-0.2, 0) is 27.2 Å². The van der Waals surface area contributed by atoms with Crippen molar-refractivity contribution in [1.29, 1.82) is 0 Å². The Labute approximate surface area is 208 Å². The Hall–Kier alpha value is -3.90. The second-order valence-electron chi connectivity index (χ2n) is 8.21. The summed E-state index contributed by atoms with van der Waals surface area (Å²) >= 11 is 6.23. The minimum absolute atomic E-state index is 0.0146. The lowest BCUT2D eigenvalue weighted by Crippen LogP contribution is -2.12. The molecule has 4 rings (SSSR count). The first-order valence-corrected chi connectivity index (χ1v) is 11.5. The summed E-state index contributed by atoms with van der Waals surface area (Å²) in [5.74, 6) is -0.846. The number of rotatable bonds is 8. The summed E-state index contributed by atoms with van der Waals surface area (Å²) < 4.78 is 11.2. The predicted octanol–water partition coefficient (Wildman–Crippen LogP) is 6.44. The topological polar surface area (TPSA) is 89.6 Å².